The Kier molecular flexibility index (Phi) is 5.62. The second kappa shape index (κ2) is 7.75. The van der Waals surface area contributed by atoms with Gasteiger partial charge in [-0.15, -0.1) is 0 Å². The zero-order chi connectivity index (χ0) is 18.7. The van der Waals surface area contributed by atoms with Gasteiger partial charge in [-0.25, -0.2) is 4.98 Å². The number of hydrogen-bond donors (Lipinski definition) is 2. The fraction of sp³-hybridized carbons (Fsp3) is 0.722. The van der Waals surface area contributed by atoms with E-state index in [0.717, 1.165) is 25.9 Å². The molecule has 1 atom stereocenters. The van der Waals surface area contributed by atoms with Crippen molar-refractivity contribution in [2.75, 3.05) is 32.8 Å². The number of ether oxygens (including phenoxy) is 1. The number of imidazole rings is 1. The second-order valence-corrected chi connectivity index (χ2v) is 7.89. The second-order valence-electron chi connectivity index (χ2n) is 7.89. The van der Waals surface area contributed by atoms with Crippen molar-refractivity contribution in [1.29, 1.82) is 0 Å². The van der Waals surface area contributed by atoms with Gasteiger partial charge >= 0.3 is 0 Å². The summed E-state index contributed by atoms with van der Waals surface area (Å²) < 4.78 is 7.14. The monoisotopic (exact) mass is 363 g/mol. The first-order valence-electron chi connectivity index (χ1n) is 9.28. The Morgan fingerprint density at radius 3 is 2.81 bits per heavy atom. The summed E-state index contributed by atoms with van der Waals surface area (Å²) in [5, 5.41) is 6.11. The summed E-state index contributed by atoms with van der Waals surface area (Å²) in [6.45, 7) is 7.83. The minimum absolute atomic E-state index is 0.117. The number of aromatic nitrogens is 2. The molecule has 144 valence electrons. The summed E-state index contributed by atoms with van der Waals surface area (Å²) in [6.07, 6.45) is 4.69. The van der Waals surface area contributed by atoms with Gasteiger partial charge in [-0.1, -0.05) is 13.8 Å². The molecule has 0 aromatic carbocycles. The Labute approximate surface area is 154 Å². The summed E-state index contributed by atoms with van der Waals surface area (Å²) in [7, 11) is 1.76. The molecule has 2 saturated heterocycles. The van der Waals surface area contributed by atoms with Crippen molar-refractivity contribution in [2.24, 2.45) is 13.0 Å². The van der Waals surface area contributed by atoms with E-state index in [-0.39, 0.29) is 17.4 Å². The molecule has 1 aromatic rings. The van der Waals surface area contributed by atoms with Gasteiger partial charge in [-0.3, -0.25) is 14.5 Å². The highest BCUT2D eigenvalue weighted by Gasteiger charge is 2.41. The Bertz CT molecular complexity index is 651. The van der Waals surface area contributed by atoms with E-state index in [4.69, 9.17) is 4.74 Å². The van der Waals surface area contributed by atoms with Crippen LogP contribution in [0.1, 0.15) is 37.2 Å². The van der Waals surface area contributed by atoms with E-state index in [0.29, 0.717) is 31.4 Å². The van der Waals surface area contributed by atoms with E-state index in [9.17, 15) is 9.59 Å². The van der Waals surface area contributed by atoms with Crippen LogP contribution in [0.4, 0.5) is 0 Å². The third kappa shape index (κ3) is 4.24. The number of aryl methyl sites for hydroxylation is 1. The standard InChI is InChI=1S/C18H29N5O3/c1-13(2)9-23-10-14(20-17(25)15-8-19-12-22(15)3)16(24)21-18(11-23)4-6-26-7-5-18/h8,12-14H,4-7,9-11H2,1-3H3,(H,20,25)(H,21,24). The topological polar surface area (TPSA) is 88.5 Å². The van der Waals surface area contributed by atoms with Gasteiger partial charge in [0.25, 0.3) is 5.91 Å². The van der Waals surface area contributed by atoms with E-state index in [1.54, 1.807) is 17.9 Å². The van der Waals surface area contributed by atoms with Crippen LogP contribution >= 0.6 is 0 Å². The molecule has 2 amide bonds. The van der Waals surface area contributed by atoms with E-state index < -0.39 is 6.04 Å². The first kappa shape index (κ1) is 18.8. The van der Waals surface area contributed by atoms with Crippen LogP contribution in [0.2, 0.25) is 0 Å². The summed E-state index contributed by atoms with van der Waals surface area (Å²) in [5.41, 5.74) is 0.175. The maximum absolute atomic E-state index is 12.9. The zero-order valence-corrected chi connectivity index (χ0v) is 15.8. The summed E-state index contributed by atoms with van der Waals surface area (Å²) >= 11 is 0. The first-order valence-corrected chi connectivity index (χ1v) is 9.28. The van der Waals surface area contributed by atoms with Crippen LogP contribution in [-0.2, 0) is 16.6 Å². The molecule has 0 bridgehead atoms. The maximum atomic E-state index is 12.9. The molecule has 0 radical (unpaired) electrons. The molecule has 3 heterocycles. The molecule has 2 N–H and O–H groups in total. The van der Waals surface area contributed by atoms with Gasteiger partial charge in [-0.2, -0.15) is 0 Å². The van der Waals surface area contributed by atoms with Crippen molar-refractivity contribution >= 4 is 11.8 Å². The van der Waals surface area contributed by atoms with E-state index >= 15 is 0 Å². The van der Waals surface area contributed by atoms with Gasteiger partial charge in [0, 0.05) is 39.9 Å². The van der Waals surface area contributed by atoms with Crippen LogP contribution in [0.5, 0.6) is 0 Å². The lowest BCUT2D eigenvalue weighted by molar-refractivity contribution is -0.125. The number of rotatable bonds is 4. The van der Waals surface area contributed by atoms with Crippen molar-refractivity contribution in [3.63, 3.8) is 0 Å². The average Bonchev–Trinajstić information content (AvgIpc) is 2.95. The van der Waals surface area contributed by atoms with Crippen LogP contribution in [0, 0.1) is 5.92 Å². The number of carbonyl (C=O) groups excluding carboxylic acids is 2. The van der Waals surface area contributed by atoms with Crippen molar-refractivity contribution in [3.8, 4) is 0 Å². The molecule has 1 unspecified atom stereocenters. The van der Waals surface area contributed by atoms with Crippen LogP contribution in [0.25, 0.3) is 0 Å². The van der Waals surface area contributed by atoms with Crippen LogP contribution in [-0.4, -0.2) is 70.7 Å². The fourth-order valence-electron chi connectivity index (χ4n) is 3.84. The smallest absolute Gasteiger partial charge is 0.270 e. The third-order valence-corrected chi connectivity index (χ3v) is 5.10. The first-order chi connectivity index (χ1) is 12.4. The van der Waals surface area contributed by atoms with Crippen molar-refractivity contribution in [2.45, 2.75) is 38.3 Å². The Balaban J connectivity index is 1.77. The summed E-state index contributed by atoms with van der Waals surface area (Å²) in [6, 6.07) is -0.585. The van der Waals surface area contributed by atoms with Gasteiger partial charge in [0.05, 0.1) is 18.1 Å². The molecular weight excluding hydrogens is 334 g/mol. The quantitative estimate of drug-likeness (QED) is 0.795. The molecule has 2 aliphatic rings. The molecule has 2 fully saturated rings. The normalized spacial score (nSPS) is 23.7. The van der Waals surface area contributed by atoms with Crippen LogP contribution in [0.15, 0.2) is 12.5 Å². The minimum Gasteiger partial charge on any atom is -0.381 e. The molecule has 3 rings (SSSR count). The number of hydrogen-bond acceptors (Lipinski definition) is 5. The van der Waals surface area contributed by atoms with Gasteiger partial charge in [0.2, 0.25) is 5.91 Å². The van der Waals surface area contributed by atoms with Gasteiger partial charge < -0.3 is 19.9 Å². The summed E-state index contributed by atoms with van der Waals surface area (Å²) in [4.78, 5) is 31.7. The fourth-order valence-corrected chi connectivity index (χ4v) is 3.84. The number of carbonyl (C=O) groups is 2. The van der Waals surface area contributed by atoms with Crippen molar-refractivity contribution < 1.29 is 14.3 Å². The molecule has 8 nitrogen and oxygen atoms in total. The lowest BCUT2D eigenvalue weighted by atomic mass is 9.89. The highest BCUT2D eigenvalue weighted by molar-refractivity contribution is 5.96. The van der Waals surface area contributed by atoms with Gasteiger partial charge in [-0.05, 0) is 18.8 Å². The Morgan fingerprint density at radius 2 is 2.19 bits per heavy atom. The van der Waals surface area contributed by atoms with Crippen molar-refractivity contribution in [3.05, 3.63) is 18.2 Å². The van der Waals surface area contributed by atoms with Crippen LogP contribution < -0.4 is 10.6 Å². The molecular formula is C18H29N5O3. The molecule has 1 aromatic heterocycles. The lowest BCUT2D eigenvalue weighted by Gasteiger charge is -2.39. The zero-order valence-electron chi connectivity index (χ0n) is 15.8. The predicted molar refractivity (Wildman–Crippen MR) is 96.7 cm³/mol. The van der Waals surface area contributed by atoms with Crippen molar-refractivity contribution in [1.82, 2.24) is 25.1 Å². The van der Waals surface area contributed by atoms with Gasteiger partial charge in [0.15, 0.2) is 0 Å². The third-order valence-electron chi connectivity index (χ3n) is 5.10. The number of nitrogens with zero attached hydrogens (tertiary/aromatic N) is 3. The van der Waals surface area contributed by atoms with Gasteiger partial charge in [0.1, 0.15) is 11.7 Å². The van der Waals surface area contributed by atoms with E-state index in [2.05, 4.69) is 34.4 Å². The van der Waals surface area contributed by atoms with Crippen LogP contribution in [0.3, 0.4) is 0 Å². The number of nitrogens with one attached hydrogen (secondary N) is 2. The SMILES string of the molecule is CC(C)CN1CC(NC(=O)c2cncn2C)C(=O)NC2(CCOCC2)C1. The Hall–Kier alpha value is -1.93. The molecule has 8 heteroatoms. The predicted octanol–water partition coefficient (Wildman–Crippen LogP) is 0.156. The maximum Gasteiger partial charge on any atom is 0.270 e. The molecule has 26 heavy (non-hydrogen) atoms. The molecule has 1 spiro atoms. The largest absolute Gasteiger partial charge is 0.381 e. The molecule has 0 aliphatic carbocycles. The highest BCUT2D eigenvalue weighted by Crippen LogP contribution is 2.25. The van der Waals surface area contributed by atoms with E-state index in [1.165, 1.54) is 6.20 Å². The van der Waals surface area contributed by atoms with E-state index in [1.807, 2.05) is 0 Å². The average molecular weight is 363 g/mol. The summed E-state index contributed by atoms with van der Waals surface area (Å²) in [5.74, 6) is 0.0831. The molecule has 2 aliphatic heterocycles. The Morgan fingerprint density at radius 1 is 1.46 bits per heavy atom. The molecule has 0 saturated carbocycles. The highest BCUT2D eigenvalue weighted by atomic mass is 16.5. The minimum atomic E-state index is -0.585. The lowest BCUT2D eigenvalue weighted by Crippen LogP contribution is -2.57. The number of amides is 2.